The van der Waals surface area contributed by atoms with E-state index in [9.17, 15) is 14.4 Å². The predicted molar refractivity (Wildman–Crippen MR) is 121 cm³/mol. The lowest BCUT2D eigenvalue weighted by atomic mass is 9.87. The fourth-order valence-electron chi connectivity index (χ4n) is 3.70. The molecule has 0 aromatic heterocycles. The number of amides is 2. The minimum atomic E-state index is -0.208. The first-order valence-corrected chi connectivity index (χ1v) is 11.1. The van der Waals surface area contributed by atoms with Gasteiger partial charge in [-0.05, 0) is 69.0 Å². The zero-order valence-corrected chi connectivity index (χ0v) is 18.3. The molecule has 7 heteroatoms. The molecule has 32 heavy (non-hydrogen) atoms. The molecule has 170 valence electrons. The van der Waals surface area contributed by atoms with Gasteiger partial charge in [0.25, 0.3) is 11.8 Å². The molecule has 2 aromatic carbocycles. The molecule has 0 radical (unpaired) electrons. The van der Waals surface area contributed by atoms with Crippen molar-refractivity contribution in [3.8, 4) is 5.75 Å². The molecule has 2 amide bonds. The maximum Gasteiger partial charge on any atom is 0.308 e. The van der Waals surface area contributed by atoms with E-state index in [-0.39, 0.29) is 29.8 Å². The summed E-state index contributed by atoms with van der Waals surface area (Å²) in [5.74, 6) is 0.189. The van der Waals surface area contributed by atoms with Crippen molar-refractivity contribution in [2.24, 2.45) is 5.92 Å². The van der Waals surface area contributed by atoms with E-state index < -0.39 is 0 Å². The van der Waals surface area contributed by atoms with Crippen LogP contribution in [0, 0.1) is 5.92 Å². The van der Waals surface area contributed by atoms with E-state index in [0.29, 0.717) is 36.6 Å². The molecule has 1 aliphatic rings. The molecule has 2 N–H and O–H groups in total. The van der Waals surface area contributed by atoms with E-state index in [4.69, 9.17) is 9.47 Å². The number of benzene rings is 2. The van der Waals surface area contributed by atoms with Crippen LogP contribution in [0.1, 0.15) is 53.3 Å². The zero-order chi connectivity index (χ0) is 22.8. The number of carbonyl (C=O) groups is 3. The van der Waals surface area contributed by atoms with Crippen LogP contribution in [0.3, 0.4) is 0 Å². The van der Waals surface area contributed by atoms with Gasteiger partial charge in [0.05, 0.1) is 18.6 Å². The van der Waals surface area contributed by atoms with E-state index in [2.05, 4.69) is 10.6 Å². The summed E-state index contributed by atoms with van der Waals surface area (Å²) in [5, 5.41) is 5.57. The lowest BCUT2D eigenvalue weighted by Gasteiger charge is -2.27. The van der Waals surface area contributed by atoms with Crippen LogP contribution in [0.2, 0.25) is 0 Å². The van der Waals surface area contributed by atoms with Crippen molar-refractivity contribution in [2.45, 2.75) is 38.7 Å². The molecule has 0 unspecified atom stereocenters. The summed E-state index contributed by atoms with van der Waals surface area (Å²) in [6, 6.07) is 15.9. The highest BCUT2D eigenvalue weighted by Gasteiger charge is 2.28. The standard InChI is InChI=1S/C25H30N2O5/c1-2-31-25(30)20-10-14-22(15-11-20)32-21-12-8-19(9-13-21)24(29)27-17-16-26-23(28)18-6-4-3-5-7-18/h3-9,12-13,20,22H,2,10-11,14-17H2,1H3,(H,26,28)(H,27,29)/t20-,22-. The van der Waals surface area contributed by atoms with Gasteiger partial charge in [0, 0.05) is 24.2 Å². The largest absolute Gasteiger partial charge is 0.490 e. The summed E-state index contributed by atoms with van der Waals surface area (Å²) in [6.45, 7) is 2.91. The fraction of sp³-hybridized carbons (Fsp3) is 0.400. The Morgan fingerprint density at radius 1 is 0.812 bits per heavy atom. The van der Waals surface area contributed by atoms with Crippen LogP contribution in [-0.4, -0.2) is 43.6 Å². The average Bonchev–Trinajstić information content (AvgIpc) is 2.83. The van der Waals surface area contributed by atoms with E-state index in [0.717, 1.165) is 25.7 Å². The summed E-state index contributed by atoms with van der Waals surface area (Å²) in [4.78, 5) is 36.1. The minimum Gasteiger partial charge on any atom is -0.490 e. The third kappa shape index (κ3) is 6.83. The predicted octanol–water partition coefficient (Wildman–Crippen LogP) is 3.35. The first kappa shape index (κ1) is 23.3. The van der Waals surface area contributed by atoms with E-state index in [1.54, 1.807) is 48.5 Å². The molecule has 7 nitrogen and oxygen atoms in total. The van der Waals surface area contributed by atoms with Crippen LogP contribution >= 0.6 is 0 Å². The van der Waals surface area contributed by atoms with Crippen molar-refractivity contribution in [1.29, 1.82) is 0 Å². The molecule has 1 aliphatic carbocycles. The molecule has 0 spiro atoms. The Labute approximate surface area is 188 Å². The lowest BCUT2D eigenvalue weighted by Crippen LogP contribution is -2.34. The van der Waals surface area contributed by atoms with Crippen molar-refractivity contribution < 1.29 is 23.9 Å². The summed E-state index contributed by atoms with van der Waals surface area (Å²) in [5.41, 5.74) is 1.11. The van der Waals surface area contributed by atoms with Gasteiger partial charge in [-0.15, -0.1) is 0 Å². The van der Waals surface area contributed by atoms with Gasteiger partial charge in [0.1, 0.15) is 5.75 Å². The molecule has 3 rings (SSSR count). The number of ether oxygens (including phenoxy) is 2. The SMILES string of the molecule is CCOC(=O)[C@H]1CC[C@H](Oc2ccc(C(=O)NCCNC(=O)c3ccccc3)cc2)CC1. The second-order valence-corrected chi connectivity index (χ2v) is 7.75. The Balaban J connectivity index is 1.37. The quantitative estimate of drug-likeness (QED) is 0.463. The Hall–Kier alpha value is -3.35. The van der Waals surface area contributed by atoms with Crippen molar-refractivity contribution in [3.05, 3.63) is 65.7 Å². The van der Waals surface area contributed by atoms with Gasteiger partial charge in [0.2, 0.25) is 0 Å². The van der Waals surface area contributed by atoms with Crippen LogP contribution < -0.4 is 15.4 Å². The Morgan fingerprint density at radius 3 is 1.94 bits per heavy atom. The third-order valence-corrected chi connectivity index (χ3v) is 5.45. The van der Waals surface area contributed by atoms with Gasteiger partial charge in [-0.25, -0.2) is 0 Å². The molecule has 0 heterocycles. The van der Waals surface area contributed by atoms with Gasteiger partial charge in [0.15, 0.2) is 0 Å². The first-order valence-electron chi connectivity index (χ1n) is 11.1. The number of esters is 1. The second-order valence-electron chi connectivity index (χ2n) is 7.75. The van der Waals surface area contributed by atoms with Crippen molar-refractivity contribution in [3.63, 3.8) is 0 Å². The Kier molecular flexibility index (Phi) is 8.66. The zero-order valence-electron chi connectivity index (χ0n) is 18.3. The van der Waals surface area contributed by atoms with Gasteiger partial charge in [-0.2, -0.15) is 0 Å². The van der Waals surface area contributed by atoms with Crippen LogP contribution in [0.5, 0.6) is 5.75 Å². The first-order chi connectivity index (χ1) is 15.6. The molecule has 1 fully saturated rings. The Morgan fingerprint density at radius 2 is 1.38 bits per heavy atom. The number of hydrogen-bond acceptors (Lipinski definition) is 5. The average molecular weight is 439 g/mol. The number of nitrogens with one attached hydrogen (secondary N) is 2. The van der Waals surface area contributed by atoms with Gasteiger partial charge in [-0.1, -0.05) is 18.2 Å². The molecular weight excluding hydrogens is 408 g/mol. The van der Waals surface area contributed by atoms with Crippen LogP contribution in [0.15, 0.2) is 54.6 Å². The van der Waals surface area contributed by atoms with E-state index in [1.807, 2.05) is 13.0 Å². The maximum atomic E-state index is 12.3. The van der Waals surface area contributed by atoms with Gasteiger partial charge in [-0.3, -0.25) is 14.4 Å². The molecular formula is C25H30N2O5. The van der Waals surface area contributed by atoms with Crippen molar-refractivity contribution in [2.75, 3.05) is 19.7 Å². The van der Waals surface area contributed by atoms with Gasteiger partial charge >= 0.3 is 5.97 Å². The molecule has 0 saturated heterocycles. The summed E-state index contributed by atoms with van der Waals surface area (Å²) < 4.78 is 11.1. The van der Waals surface area contributed by atoms with E-state index >= 15 is 0 Å². The monoisotopic (exact) mass is 438 g/mol. The summed E-state index contributed by atoms with van der Waals surface area (Å²) in [6.07, 6.45) is 3.21. The lowest BCUT2D eigenvalue weighted by molar-refractivity contribution is -0.149. The fourth-order valence-corrected chi connectivity index (χ4v) is 3.70. The molecule has 0 bridgehead atoms. The number of carbonyl (C=O) groups excluding carboxylic acids is 3. The van der Waals surface area contributed by atoms with Crippen LogP contribution in [0.4, 0.5) is 0 Å². The summed E-state index contributed by atoms with van der Waals surface area (Å²) >= 11 is 0. The van der Waals surface area contributed by atoms with Crippen LogP contribution in [0.25, 0.3) is 0 Å². The number of hydrogen-bond donors (Lipinski definition) is 2. The molecule has 1 saturated carbocycles. The summed E-state index contributed by atoms with van der Waals surface area (Å²) in [7, 11) is 0. The smallest absolute Gasteiger partial charge is 0.308 e. The normalized spacial score (nSPS) is 17.8. The number of rotatable bonds is 9. The second kappa shape index (κ2) is 11.9. The Bertz CT molecular complexity index is 890. The minimum absolute atomic E-state index is 0.0293. The maximum absolute atomic E-state index is 12.3. The highest BCUT2D eigenvalue weighted by atomic mass is 16.5. The topological polar surface area (TPSA) is 93.7 Å². The van der Waals surface area contributed by atoms with Crippen molar-refractivity contribution in [1.82, 2.24) is 10.6 Å². The van der Waals surface area contributed by atoms with Crippen LogP contribution in [-0.2, 0) is 9.53 Å². The van der Waals surface area contributed by atoms with Gasteiger partial charge < -0.3 is 20.1 Å². The van der Waals surface area contributed by atoms with E-state index in [1.165, 1.54) is 0 Å². The molecule has 0 aliphatic heterocycles. The highest BCUT2D eigenvalue weighted by Crippen LogP contribution is 2.28. The molecule has 2 aromatic rings. The molecule has 0 atom stereocenters. The van der Waals surface area contributed by atoms with Crippen molar-refractivity contribution >= 4 is 17.8 Å². The highest BCUT2D eigenvalue weighted by molar-refractivity contribution is 5.95. The third-order valence-electron chi connectivity index (χ3n) is 5.45.